The number of nitrogens with zero attached hydrogens (tertiary/aromatic N) is 1. The molecule has 0 saturated heterocycles. The van der Waals surface area contributed by atoms with Gasteiger partial charge in [-0.1, -0.05) is 11.6 Å². The van der Waals surface area contributed by atoms with Crippen molar-refractivity contribution in [1.29, 1.82) is 5.26 Å². The minimum atomic E-state index is -0.769. The number of methoxy groups -OCH3 is 2. The molecule has 0 aliphatic carbocycles. The maximum Gasteiger partial charge on any atom is 0.354 e. The van der Waals surface area contributed by atoms with Crippen LogP contribution < -0.4 is 5.32 Å². The number of esters is 2. The van der Waals surface area contributed by atoms with E-state index in [2.05, 4.69) is 14.8 Å². The van der Waals surface area contributed by atoms with Gasteiger partial charge in [0.2, 0.25) is 0 Å². The van der Waals surface area contributed by atoms with Crippen molar-refractivity contribution in [2.24, 2.45) is 0 Å². The molecule has 0 saturated carbocycles. The van der Waals surface area contributed by atoms with Crippen molar-refractivity contribution in [2.45, 2.75) is 0 Å². The molecule has 0 aliphatic heterocycles. The molecule has 6 nitrogen and oxygen atoms in total. The number of carbonyl (C=O) groups is 2. The summed E-state index contributed by atoms with van der Waals surface area (Å²) >= 11 is 5.77. The summed E-state index contributed by atoms with van der Waals surface area (Å²) < 4.78 is 8.98. The average Bonchev–Trinajstić information content (AvgIpc) is 2.46. The van der Waals surface area contributed by atoms with Crippen molar-refractivity contribution >= 4 is 29.2 Å². The van der Waals surface area contributed by atoms with Gasteiger partial charge in [-0.3, -0.25) is 0 Å². The summed E-state index contributed by atoms with van der Waals surface area (Å²) in [6.45, 7) is 0. The molecule has 0 aliphatic rings. The molecular formula is C13H11ClN2O4. The van der Waals surface area contributed by atoms with Gasteiger partial charge in [0.1, 0.15) is 11.8 Å². The molecule has 1 aromatic rings. The van der Waals surface area contributed by atoms with E-state index in [1.54, 1.807) is 0 Å². The van der Waals surface area contributed by atoms with Gasteiger partial charge in [0.15, 0.2) is 0 Å². The molecule has 0 unspecified atom stereocenters. The van der Waals surface area contributed by atoms with Crippen molar-refractivity contribution in [3.63, 3.8) is 0 Å². The lowest BCUT2D eigenvalue weighted by atomic mass is 10.2. The molecule has 1 rings (SSSR count). The highest BCUT2D eigenvalue weighted by Gasteiger charge is 2.14. The Kier molecular flexibility index (Phi) is 5.56. The molecule has 0 heterocycles. The normalized spacial score (nSPS) is 10.4. The Balaban J connectivity index is 3.14. The number of hydrogen-bond acceptors (Lipinski definition) is 6. The van der Waals surface area contributed by atoms with Crippen LogP contribution in [0.3, 0.4) is 0 Å². The second-order valence-corrected chi connectivity index (χ2v) is 3.94. The van der Waals surface area contributed by atoms with E-state index in [0.717, 1.165) is 6.08 Å². The summed E-state index contributed by atoms with van der Waals surface area (Å²) in [4.78, 5) is 22.8. The van der Waals surface area contributed by atoms with E-state index in [9.17, 15) is 9.59 Å². The Labute approximate surface area is 120 Å². The smallest absolute Gasteiger partial charge is 0.354 e. The monoisotopic (exact) mass is 294 g/mol. The molecule has 7 heteroatoms. The van der Waals surface area contributed by atoms with E-state index in [1.807, 2.05) is 6.07 Å². The second kappa shape index (κ2) is 7.16. The standard InChI is InChI=1S/C13H11ClN2O4/c1-19-12(17)6-11(13(18)20-2)16-10-4-3-9(14)5-8(10)7-15/h3-6,16H,1-2H3/b11-6-. The minimum absolute atomic E-state index is 0.154. The number of rotatable bonds is 4. The van der Waals surface area contributed by atoms with Crippen LogP contribution in [0.25, 0.3) is 0 Å². The molecular weight excluding hydrogens is 284 g/mol. The number of nitrogens with one attached hydrogen (secondary N) is 1. The maximum atomic E-state index is 11.6. The zero-order valence-corrected chi connectivity index (χ0v) is 11.5. The van der Waals surface area contributed by atoms with Crippen molar-refractivity contribution in [3.8, 4) is 6.07 Å². The van der Waals surface area contributed by atoms with Gasteiger partial charge >= 0.3 is 11.9 Å². The number of ether oxygens (including phenoxy) is 2. The Morgan fingerprint density at radius 1 is 1.35 bits per heavy atom. The third-order valence-corrected chi connectivity index (χ3v) is 2.48. The first-order chi connectivity index (χ1) is 9.51. The van der Waals surface area contributed by atoms with Crippen LogP contribution in [0.2, 0.25) is 5.02 Å². The molecule has 0 spiro atoms. The van der Waals surface area contributed by atoms with Crippen molar-refractivity contribution in [1.82, 2.24) is 0 Å². The van der Waals surface area contributed by atoms with Crippen molar-refractivity contribution in [2.75, 3.05) is 19.5 Å². The largest absolute Gasteiger partial charge is 0.466 e. The molecule has 1 aromatic carbocycles. The highest BCUT2D eigenvalue weighted by atomic mass is 35.5. The average molecular weight is 295 g/mol. The Bertz CT molecular complexity index is 605. The highest BCUT2D eigenvalue weighted by Crippen LogP contribution is 2.21. The number of anilines is 1. The van der Waals surface area contributed by atoms with Gasteiger partial charge in [-0.15, -0.1) is 0 Å². The fourth-order valence-corrected chi connectivity index (χ4v) is 1.47. The molecule has 0 fully saturated rings. The second-order valence-electron chi connectivity index (χ2n) is 3.50. The van der Waals surface area contributed by atoms with Gasteiger partial charge in [0.25, 0.3) is 0 Å². The van der Waals surface area contributed by atoms with Crippen molar-refractivity contribution < 1.29 is 19.1 Å². The lowest BCUT2D eigenvalue weighted by Crippen LogP contribution is -2.16. The van der Waals surface area contributed by atoms with Crippen molar-refractivity contribution in [3.05, 3.63) is 40.6 Å². The molecule has 104 valence electrons. The van der Waals surface area contributed by atoms with Crippen LogP contribution in [0, 0.1) is 11.3 Å². The van der Waals surface area contributed by atoms with Gasteiger partial charge < -0.3 is 14.8 Å². The molecule has 0 aromatic heterocycles. The quantitative estimate of drug-likeness (QED) is 0.673. The van der Waals surface area contributed by atoms with Crippen LogP contribution in [-0.4, -0.2) is 26.2 Å². The molecule has 1 N–H and O–H groups in total. The van der Waals surface area contributed by atoms with Gasteiger partial charge in [-0.25, -0.2) is 9.59 Å². The topological polar surface area (TPSA) is 88.4 Å². The first kappa shape index (κ1) is 15.5. The fraction of sp³-hybridized carbons (Fsp3) is 0.154. The van der Waals surface area contributed by atoms with Gasteiger partial charge in [-0.05, 0) is 18.2 Å². The molecule has 0 atom stereocenters. The van der Waals surface area contributed by atoms with E-state index < -0.39 is 11.9 Å². The third kappa shape index (κ3) is 4.00. The van der Waals surface area contributed by atoms with E-state index in [1.165, 1.54) is 32.4 Å². The number of hydrogen-bond donors (Lipinski definition) is 1. The minimum Gasteiger partial charge on any atom is -0.466 e. The van der Waals surface area contributed by atoms with Gasteiger partial charge in [0.05, 0.1) is 31.5 Å². The summed E-state index contributed by atoms with van der Waals surface area (Å²) in [5.74, 6) is -1.50. The van der Waals surface area contributed by atoms with E-state index in [-0.39, 0.29) is 11.3 Å². The van der Waals surface area contributed by atoms with Gasteiger partial charge in [-0.2, -0.15) is 5.26 Å². The van der Waals surface area contributed by atoms with Crippen LogP contribution in [0.15, 0.2) is 30.0 Å². The Morgan fingerprint density at radius 2 is 2.05 bits per heavy atom. The predicted molar refractivity (Wildman–Crippen MR) is 71.9 cm³/mol. The SMILES string of the molecule is COC(=O)/C=C(\Nc1ccc(Cl)cc1C#N)C(=O)OC. The molecule has 20 heavy (non-hydrogen) atoms. The van der Waals surface area contributed by atoms with E-state index in [4.69, 9.17) is 16.9 Å². The van der Waals surface area contributed by atoms with Crippen LogP contribution in [0.1, 0.15) is 5.56 Å². The Morgan fingerprint density at radius 3 is 2.60 bits per heavy atom. The molecule has 0 bridgehead atoms. The number of halogens is 1. The Hall–Kier alpha value is -2.52. The summed E-state index contributed by atoms with van der Waals surface area (Å²) in [6, 6.07) is 6.40. The molecule has 0 amide bonds. The molecule has 0 radical (unpaired) electrons. The summed E-state index contributed by atoms with van der Waals surface area (Å²) in [7, 11) is 2.35. The van der Waals surface area contributed by atoms with E-state index >= 15 is 0 Å². The number of benzene rings is 1. The summed E-state index contributed by atoms with van der Waals surface area (Å²) in [5, 5.41) is 12.0. The zero-order chi connectivity index (χ0) is 15.1. The van der Waals surface area contributed by atoms with Crippen LogP contribution in [0.5, 0.6) is 0 Å². The van der Waals surface area contributed by atoms with Gasteiger partial charge in [0, 0.05) is 5.02 Å². The first-order valence-electron chi connectivity index (χ1n) is 5.36. The maximum absolute atomic E-state index is 11.6. The lowest BCUT2D eigenvalue weighted by molar-refractivity contribution is -0.138. The summed E-state index contributed by atoms with van der Waals surface area (Å²) in [5.41, 5.74) is 0.382. The fourth-order valence-electron chi connectivity index (χ4n) is 1.30. The van der Waals surface area contributed by atoms with Crippen LogP contribution in [0.4, 0.5) is 5.69 Å². The number of carbonyl (C=O) groups excluding carboxylic acids is 2. The predicted octanol–water partition coefficient (Wildman–Crippen LogP) is 1.85. The summed E-state index contributed by atoms with van der Waals surface area (Å²) in [6.07, 6.45) is 0.932. The number of nitriles is 1. The van der Waals surface area contributed by atoms with E-state index in [0.29, 0.717) is 10.7 Å². The van der Waals surface area contributed by atoms with Crippen LogP contribution >= 0.6 is 11.6 Å². The first-order valence-corrected chi connectivity index (χ1v) is 5.74. The highest BCUT2D eigenvalue weighted by molar-refractivity contribution is 6.30. The lowest BCUT2D eigenvalue weighted by Gasteiger charge is -2.10. The third-order valence-electron chi connectivity index (χ3n) is 2.24. The zero-order valence-electron chi connectivity index (χ0n) is 10.8. The van der Waals surface area contributed by atoms with Crippen LogP contribution in [-0.2, 0) is 19.1 Å².